The first kappa shape index (κ1) is 25.0. The Morgan fingerprint density at radius 3 is 2.45 bits per heavy atom. The molecule has 2 aromatic rings. The van der Waals surface area contributed by atoms with Crippen molar-refractivity contribution in [3.8, 4) is 0 Å². The average Bonchev–Trinajstić information content (AvgIpc) is 3.29. The van der Waals surface area contributed by atoms with E-state index in [4.69, 9.17) is 0 Å². The van der Waals surface area contributed by atoms with Gasteiger partial charge in [0.2, 0.25) is 26.0 Å². The van der Waals surface area contributed by atoms with Crippen LogP contribution in [-0.4, -0.2) is 58.2 Å². The summed E-state index contributed by atoms with van der Waals surface area (Å²) in [4.78, 5) is 16.3. The summed E-state index contributed by atoms with van der Waals surface area (Å²) in [5, 5.41) is 3.69. The highest BCUT2D eigenvalue weighted by Crippen LogP contribution is 2.24. The van der Waals surface area contributed by atoms with Gasteiger partial charge >= 0.3 is 0 Å². The predicted molar refractivity (Wildman–Crippen MR) is 125 cm³/mol. The molecule has 178 valence electrons. The maximum Gasteiger partial charge on any atom is 0.243 e. The van der Waals surface area contributed by atoms with Gasteiger partial charge in [0.15, 0.2) is 0 Å². The van der Waals surface area contributed by atoms with Crippen LogP contribution in [0.1, 0.15) is 17.5 Å². The molecule has 1 amide bonds. The number of carbonyl (C=O) groups excluding carboxylic acids is 1. The molecule has 2 N–H and O–H groups in total. The first-order chi connectivity index (χ1) is 15.7. The van der Waals surface area contributed by atoms with Gasteiger partial charge in [-0.15, -0.1) is 0 Å². The number of pyridine rings is 1. The van der Waals surface area contributed by atoms with Crippen molar-refractivity contribution in [2.24, 2.45) is 5.92 Å². The van der Waals surface area contributed by atoms with E-state index in [2.05, 4.69) is 21.6 Å². The lowest BCUT2D eigenvalue weighted by molar-refractivity contribution is -0.120. The molecular weight excluding hydrogens is 464 g/mol. The number of aromatic nitrogens is 1. The maximum atomic E-state index is 12.9. The van der Waals surface area contributed by atoms with Gasteiger partial charge in [-0.3, -0.25) is 9.78 Å². The SMILES string of the molecule is C=CS(=O)(=O)NC[C@H]1CCN(S(=O)(=O)c2ccc(CC(=O)NCCc3ccncc3)cc2)C1. The zero-order valence-corrected chi connectivity index (χ0v) is 19.8. The van der Waals surface area contributed by atoms with Gasteiger partial charge in [0.1, 0.15) is 0 Å². The number of nitrogens with one attached hydrogen (secondary N) is 2. The molecular formula is C22H28N4O5S2. The van der Waals surface area contributed by atoms with E-state index < -0.39 is 20.0 Å². The van der Waals surface area contributed by atoms with E-state index in [1.165, 1.54) is 16.4 Å². The molecule has 9 nitrogen and oxygen atoms in total. The van der Waals surface area contributed by atoms with Crippen molar-refractivity contribution in [3.05, 3.63) is 71.9 Å². The van der Waals surface area contributed by atoms with Crippen LogP contribution >= 0.6 is 0 Å². The number of hydrogen-bond acceptors (Lipinski definition) is 6. The Hall–Kier alpha value is -2.60. The van der Waals surface area contributed by atoms with Crippen molar-refractivity contribution in [2.75, 3.05) is 26.2 Å². The normalized spacial score (nSPS) is 17.0. The van der Waals surface area contributed by atoms with Crippen LogP contribution in [0.5, 0.6) is 0 Å². The molecule has 0 aliphatic carbocycles. The van der Waals surface area contributed by atoms with Crippen molar-refractivity contribution in [1.82, 2.24) is 19.3 Å². The summed E-state index contributed by atoms with van der Waals surface area (Å²) in [6, 6.07) is 10.1. The molecule has 0 bridgehead atoms. The van der Waals surface area contributed by atoms with Gasteiger partial charge in [-0.2, -0.15) is 4.31 Å². The molecule has 3 rings (SSSR count). The third-order valence-corrected chi connectivity index (χ3v) is 8.34. The Bertz CT molecular complexity index is 1170. The first-order valence-electron chi connectivity index (χ1n) is 10.6. The second kappa shape index (κ2) is 11.0. The Labute approximate surface area is 195 Å². The van der Waals surface area contributed by atoms with Gasteiger partial charge in [0, 0.05) is 44.0 Å². The van der Waals surface area contributed by atoms with Crippen LogP contribution in [0.2, 0.25) is 0 Å². The van der Waals surface area contributed by atoms with E-state index in [0.29, 0.717) is 31.5 Å². The summed E-state index contributed by atoms with van der Waals surface area (Å²) in [6.07, 6.45) is 4.85. The monoisotopic (exact) mass is 492 g/mol. The fourth-order valence-electron chi connectivity index (χ4n) is 3.55. The molecule has 1 aliphatic heterocycles. The van der Waals surface area contributed by atoms with Crippen LogP contribution in [0.25, 0.3) is 0 Å². The topological polar surface area (TPSA) is 126 Å². The van der Waals surface area contributed by atoms with Gasteiger partial charge in [-0.25, -0.2) is 21.6 Å². The quantitative estimate of drug-likeness (QED) is 0.483. The van der Waals surface area contributed by atoms with E-state index in [1.54, 1.807) is 24.5 Å². The molecule has 11 heteroatoms. The van der Waals surface area contributed by atoms with Crippen LogP contribution in [0, 0.1) is 5.92 Å². The summed E-state index contributed by atoms with van der Waals surface area (Å²) < 4.78 is 52.6. The lowest BCUT2D eigenvalue weighted by Crippen LogP contribution is -2.32. The van der Waals surface area contributed by atoms with Crippen molar-refractivity contribution >= 4 is 26.0 Å². The minimum atomic E-state index is -3.69. The molecule has 1 saturated heterocycles. The van der Waals surface area contributed by atoms with Gasteiger partial charge in [-0.1, -0.05) is 18.7 Å². The van der Waals surface area contributed by atoms with Crippen molar-refractivity contribution in [3.63, 3.8) is 0 Å². The predicted octanol–water partition coefficient (Wildman–Crippen LogP) is 1.06. The number of hydrogen-bond donors (Lipinski definition) is 2. The molecule has 0 unspecified atom stereocenters. The van der Waals surface area contributed by atoms with E-state index in [9.17, 15) is 21.6 Å². The van der Waals surface area contributed by atoms with Crippen LogP contribution in [-0.2, 0) is 37.7 Å². The minimum Gasteiger partial charge on any atom is -0.355 e. The molecule has 2 heterocycles. The molecule has 33 heavy (non-hydrogen) atoms. The number of nitrogens with zero attached hydrogens (tertiary/aromatic N) is 2. The molecule has 1 aliphatic rings. The molecule has 1 aromatic carbocycles. The second-order valence-corrected chi connectivity index (χ2v) is 11.5. The number of amides is 1. The third-order valence-electron chi connectivity index (χ3n) is 5.45. The van der Waals surface area contributed by atoms with Gasteiger partial charge in [0.25, 0.3) is 0 Å². The largest absolute Gasteiger partial charge is 0.355 e. The minimum absolute atomic E-state index is 0.107. The lowest BCUT2D eigenvalue weighted by atomic mass is 10.1. The molecule has 1 atom stereocenters. The molecule has 0 saturated carbocycles. The Kier molecular flexibility index (Phi) is 8.35. The lowest BCUT2D eigenvalue weighted by Gasteiger charge is -2.17. The van der Waals surface area contributed by atoms with Crippen LogP contribution in [0.4, 0.5) is 0 Å². The van der Waals surface area contributed by atoms with E-state index in [1.807, 2.05) is 12.1 Å². The zero-order chi connectivity index (χ0) is 23.9. The van der Waals surface area contributed by atoms with Crippen molar-refractivity contribution in [1.29, 1.82) is 0 Å². The fourth-order valence-corrected chi connectivity index (χ4v) is 5.66. The van der Waals surface area contributed by atoms with E-state index >= 15 is 0 Å². The third kappa shape index (κ3) is 7.19. The van der Waals surface area contributed by atoms with Crippen LogP contribution < -0.4 is 10.0 Å². The van der Waals surface area contributed by atoms with Crippen molar-refractivity contribution in [2.45, 2.75) is 24.2 Å². The van der Waals surface area contributed by atoms with Gasteiger partial charge in [0.05, 0.1) is 11.3 Å². The number of sulfonamides is 2. The standard InChI is InChI=1S/C22H28N4O5S2/c1-2-32(28,29)25-16-20-10-14-26(17-20)33(30,31)21-5-3-19(4-6-21)15-22(27)24-13-9-18-7-11-23-12-8-18/h2-8,11-12,20,25H,1,9-10,13-17H2,(H,24,27)/t20-/m1/s1. The summed E-state index contributed by atoms with van der Waals surface area (Å²) in [5.41, 5.74) is 1.80. The Morgan fingerprint density at radius 1 is 1.09 bits per heavy atom. The van der Waals surface area contributed by atoms with Crippen LogP contribution in [0.15, 0.2) is 65.7 Å². The highest BCUT2D eigenvalue weighted by atomic mass is 32.2. The van der Waals surface area contributed by atoms with E-state index in [-0.39, 0.29) is 36.2 Å². The highest BCUT2D eigenvalue weighted by Gasteiger charge is 2.32. The Morgan fingerprint density at radius 2 is 1.79 bits per heavy atom. The summed E-state index contributed by atoms with van der Waals surface area (Å²) in [5.74, 6) is -0.242. The fraction of sp³-hybridized carbons (Fsp3) is 0.364. The smallest absolute Gasteiger partial charge is 0.243 e. The number of carbonyl (C=O) groups is 1. The maximum absolute atomic E-state index is 12.9. The molecule has 1 aromatic heterocycles. The van der Waals surface area contributed by atoms with Crippen LogP contribution in [0.3, 0.4) is 0 Å². The molecule has 0 radical (unpaired) electrons. The van der Waals surface area contributed by atoms with Crippen molar-refractivity contribution < 1.29 is 21.6 Å². The number of rotatable bonds is 11. The summed E-state index contributed by atoms with van der Waals surface area (Å²) in [7, 11) is -7.23. The average molecular weight is 493 g/mol. The number of benzene rings is 1. The van der Waals surface area contributed by atoms with Gasteiger partial charge in [-0.05, 0) is 54.2 Å². The zero-order valence-electron chi connectivity index (χ0n) is 18.2. The first-order valence-corrected chi connectivity index (χ1v) is 13.5. The summed E-state index contributed by atoms with van der Waals surface area (Å²) >= 11 is 0. The Balaban J connectivity index is 1.50. The molecule has 0 spiro atoms. The van der Waals surface area contributed by atoms with E-state index in [0.717, 1.165) is 11.0 Å². The second-order valence-electron chi connectivity index (χ2n) is 7.85. The van der Waals surface area contributed by atoms with Gasteiger partial charge < -0.3 is 5.32 Å². The molecule has 1 fully saturated rings. The highest BCUT2D eigenvalue weighted by molar-refractivity contribution is 7.92. The summed E-state index contributed by atoms with van der Waals surface area (Å²) in [6.45, 7) is 4.47.